The first kappa shape index (κ1) is 14.1. The van der Waals surface area contributed by atoms with E-state index < -0.39 is 17.8 Å². The van der Waals surface area contributed by atoms with E-state index in [9.17, 15) is 18.0 Å². The Morgan fingerprint density at radius 2 is 1.89 bits per heavy atom. The highest BCUT2D eigenvalue weighted by molar-refractivity contribution is 5.71. The summed E-state index contributed by atoms with van der Waals surface area (Å²) in [6.45, 7) is 0.418. The van der Waals surface area contributed by atoms with Gasteiger partial charge in [-0.3, -0.25) is 0 Å². The summed E-state index contributed by atoms with van der Waals surface area (Å²) in [5.74, 6) is 0.306. The standard InChI is InChI=1S/C11H13F3N2O2/c1-16(10(15)17)6-7-18-9-4-2-8(3-5-9)11(12,13)14/h2-5H,6-7H2,1H3,(H2,15,17). The number of urea groups is 1. The number of nitrogens with two attached hydrogens (primary N) is 1. The highest BCUT2D eigenvalue weighted by atomic mass is 19.4. The van der Waals surface area contributed by atoms with Crippen molar-refractivity contribution in [3.63, 3.8) is 0 Å². The molecule has 0 saturated carbocycles. The smallest absolute Gasteiger partial charge is 0.416 e. The van der Waals surface area contributed by atoms with Gasteiger partial charge in [0.2, 0.25) is 0 Å². The van der Waals surface area contributed by atoms with Crippen molar-refractivity contribution in [1.29, 1.82) is 0 Å². The number of nitrogens with zero attached hydrogens (tertiary/aromatic N) is 1. The van der Waals surface area contributed by atoms with Crippen LogP contribution in [0.2, 0.25) is 0 Å². The van der Waals surface area contributed by atoms with Crippen LogP contribution in [0.4, 0.5) is 18.0 Å². The third-order valence-electron chi connectivity index (χ3n) is 2.25. The van der Waals surface area contributed by atoms with Crippen molar-refractivity contribution >= 4 is 6.03 Å². The van der Waals surface area contributed by atoms with Crippen molar-refractivity contribution in [1.82, 2.24) is 4.90 Å². The van der Waals surface area contributed by atoms with E-state index in [2.05, 4.69) is 0 Å². The molecule has 1 aromatic rings. The number of carbonyl (C=O) groups excluding carboxylic acids is 1. The van der Waals surface area contributed by atoms with Gasteiger partial charge in [-0.15, -0.1) is 0 Å². The summed E-state index contributed by atoms with van der Waals surface area (Å²) in [6.07, 6.45) is -4.36. The highest BCUT2D eigenvalue weighted by Crippen LogP contribution is 2.30. The third kappa shape index (κ3) is 4.15. The van der Waals surface area contributed by atoms with Crippen LogP contribution in [-0.4, -0.2) is 31.1 Å². The Labute approximate surface area is 102 Å². The molecule has 0 saturated heterocycles. The number of primary amides is 1. The van der Waals surface area contributed by atoms with Gasteiger partial charge in [0.25, 0.3) is 0 Å². The van der Waals surface area contributed by atoms with Crippen LogP contribution in [0.15, 0.2) is 24.3 Å². The summed E-state index contributed by atoms with van der Waals surface area (Å²) in [5, 5.41) is 0. The van der Waals surface area contributed by atoms with E-state index in [4.69, 9.17) is 10.5 Å². The monoisotopic (exact) mass is 262 g/mol. The van der Waals surface area contributed by atoms with Crippen LogP contribution in [0.5, 0.6) is 5.75 Å². The fraction of sp³-hybridized carbons (Fsp3) is 0.364. The van der Waals surface area contributed by atoms with Crippen molar-refractivity contribution in [2.45, 2.75) is 6.18 Å². The van der Waals surface area contributed by atoms with Crippen LogP contribution in [-0.2, 0) is 6.18 Å². The van der Waals surface area contributed by atoms with E-state index in [1.165, 1.54) is 24.1 Å². The molecule has 2 amide bonds. The zero-order valence-corrected chi connectivity index (χ0v) is 9.70. The molecule has 2 N–H and O–H groups in total. The number of carbonyl (C=O) groups is 1. The first-order valence-electron chi connectivity index (χ1n) is 5.11. The van der Waals surface area contributed by atoms with Crippen molar-refractivity contribution in [2.75, 3.05) is 20.2 Å². The van der Waals surface area contributed by atoms with E-state index in [1.54, 1.807) is 0 Å². The summed E-state index contributed by atoms with van der Waals surface area (Å²) in [5.41, 5.74) is 4.26. The number of hydrogen-bond donors (Lipinski definition) is 1. The number of rotatable bonds is 4. The second kappa shape index (κ2) is 5.61. The lowest BCUT2D eigenvalue weighted by Crippen LogP contribution is -2.35. The van der Waals surface area contributed by atoms with Gasteiger partial charge >= 0.3 is 12.2 Å². The lowest BCUT2D eigenvalue weighted by atomic mass is 10.2. The minimum absolute atomic E-state index is 0.158. The predicted octanol–water partition coefficient (Wildman–Crippen LogP) is 2.09. The summed E-state index contributed by atoms with van der Waals surface area (Å²) >= 11 is 0. The van der Waals surface area contributed by atoms with Crippen LogP contribution in [0.3, 0.4) is 0 Å². The van der Waals surface area contributed by atoms with E-state index in [0.717, 1.165) is 12.1 Å². The fourth-order valence-corrected chi connectivity index (χ4v) is 1.15. The van der Waals surface area contributed by atoms with Gasteiger partial charge in [0.1, 0.15) is 12.4 Å². The van der Waals surface area contributed by atoms with Crippen molar-refractivity contribution < 1.29 is 22.7 Å². The quantitative estimate of drug-likeness (QED) is 0.903. The molecule has 0 radical (unpaired) electrons. The first-order chi connectivity index (χ1) is 8.30. The molecular formula is C11H13F3N2O2. The molecule has 0 bridgehead atoms. The molecule has 0 aliphatic carbocycles. The lowest BCUT2D eigenvalue weighted by molar-refractivity contribution is -0.137. The van der Waals surface area contributed by atoms with Gasteiger partial charge in [-0.2, -0.15) is 13.2 Å². The molecule has 1 aromatic carbocycles. The Kier molecular flexibility index (Phi) is 4.41. The van der Waals surface area contributed by atoms with Crippen LogP contribution < -0.4 is 10.5 Å². The van der Waals surface area contributed by atoms with Crippen molar-refractivity contribution in [3.05, 3.63) is 29.8 Å². The Morgan fingerprint density at radius 3 is 2.33 bits per heavy atom. The van der Waals surface area contributed by atoms with Crippen LogP contribution in [0.25, 0.3) is 0 Å². The molecule has 0 aliphatic rings. The van der Waals surface area contributed by atoms with Crippen LogP contribution in [0, 0.1) is 0 Å². The molecule has 0 aromatic heterocycles. The minimum atomic E-state index is -4.36. The molecule has 0 heterocycles. The average molecular weight is 262 g/mol. The minimum Gasteiger partial charge on any atom is -0.492 e. The third-order valence-corrected chi connectivity index (χ3v) is 2.25. The Hall–Kier alpha value is -1.92. The number of ether oxygens (including phenoxy) is 1. The van der Waals surface area contributed by atoms with Crippen LogP contribution in [0.1, 0.15) is 5.56 Å². The second-order valence-electron chi connectivity index (χ2n) is 3.63. The Morgan fingerprint density at radius 1 is 1.33 bits per heavy atom. The van der Waals surface area contributed by atoms with Gasteiger partial charge in [-0.1, -0.05) is 0 Å². The summed E-state index contributed by atoms with van der Waals surface area (Å²) in [6, 6.07) is 3.74. The van der Waals surface area contributed by atoms with Crippen LogP contribution >= 0.6 is 0 Å². The van der Waals surface area contributed by atoms with E-state index in [0.29, 0.717) is 5.75 Å². The summed E-state index contributed by atoms with van der Waals surface area (Å²) in [4.78, 5) is 11.9. The number of halogens is 3. The maximum absolute atomic E-state index is 12.3. The van der Waals surface area contributed by atoms with Crippen molar-refractivity contribution in [2.24, 2.45) is 5.73 Å². The molecule has 100 valence electrons. The van der Waals surface area contributed by atoms with E-state index >= 15 is 0 Å². The van der Waals surface area contributed by atoms with E-state index in [-0.39, 0.29) is 13.2 Å². The molecule has 0 fully saturated rings. The maximum atomic E-state index is 12.3. The first-order valence-corrected chi connectivity index (χ1v) is 5.11. The second-order valence-corrected chi connectivity index (χ2v) is 3.63. The highest BCUT2D eigenvalue weighted by Gasteiger charge is 2.29. The normalized spacial score (nSPS) is 11.1. The van der Waals surface area contributed by atoms with Gasteiger partial charge in [-0.05, 0) is 24.3 Å². The fourth-order valence-electron chi connectivity index (χ4n) is 1.15. The zero-order chi connectivity index (χ0) is 13.8. The molecule has 0 aliphatic heterocycles. The topological polar surface area (TPSA) is 55.6 Å². The number of likely N-dealkylation sites (N-methyl/N-ethyl adjacent to an activating group) is 1. The zero-order valence-electron chi connectivity index (χ0n) is 9.70. The molecule has 18 heavy (non-hydrogen) atoms. The number of hydrogen-bond acceptors (Lipinski definition) is 2. The van der Waals surface area contributed by atoms with E-state index in [1.807, 2.05) is 0 Å². The molecule has 7 heteroatoms. The predicted molar refractivity (Wildman–Crippen MR) is 59.2 cm³/mol. The molecule has 4 nitrogen and oxygen atoms in total. The van der Waals surface area contributed by atoms with Gasteiger partial charge < -0.3 is 15.4 Å². The van der Waals surface area contributed by atoms with Gasteiger partial charge in [0.05, 0.1) is 12.1 Å². The van der Waals surface area contributed by atoms with Gasteiger partial charge in [0.15, 0.2) is 0 Å². The maximum Gasteiger partial charge on any atom is 0.416 e. The molecule has 1 rings (SSSR count). The van der Waals surface area contributed by atoms with Crippen molar-refractivity contribution in [3.8, 4) is 5.75 Å². The number of alkyl halides is 3. The summed E-state index contributed by atoms with van der Waals surface area (Å²) in [7, 11) is 1.50. The summed E-state index contributed by atoms with van der Waals surface area (Å²) < 4.78 is 42.0. The SMILES string of the molecule is CN(CCOc1ccc(C(F)(F)F)cc1)C(N)=O. The average Bonchev–Trinajstić information content (AvgIpc) is 2.28. The Balaban J connectivity index is 2.47. The molecule has 0 unspecified atom stereocenters. The largest absolute Gasteiger partial charge is 0.492 e. The van der Waals surface area contributed by atoms with Gasteiger partial charge in [0, 0.05) is 7.05 Å². The Bertz CT molecular complexity index is 404. The molecular weight excluding hydrogens is 249 g/mol. The van der Waals surface area contributed by atoms with Gasteiger partial charge in [-0.25, -0.2) is 4.79 Å². The number of amides is 2. The molecule has 0 spiro atoms. The molecule has 0 atom stereocenters. The number of benzene rings is 1. The lowest BCUT2D eigenvalue weighted by Gasteiger charge is -2.14.